The van der Waals surface area contributed by atoms with Gasteiger partial charge in [-0.25, -0.2) is 4.79 Å². The Morgan fingerprint density at radius 3 is 2.31 bits per heavy atom. The van der Waals surface area contributed by atoms with Crippen molar-refractivity contribution in [1.29, 1.82) is 0 Å². The topological polar surface area (TPSA) is 77.9 Å². The molecule has 0 aromatic heterocycles. The van der Waals surface area contributed by atoms with Crippen LogP contribution >= 0.6 is 0 Å². The van der Waals surface area contributed by atoms with Crippen molar-refractivity contribution in [1.82, 2.24) is 9.80 Å². The number of hydrogen-bond donors (Lipinski definition) is 1. The zero-order chi connectivity index (χ0) is 12.3. The lowest BCUT2D eigenvalue weighted by atomic mass is 10.2. The molecular weight excluding hydrogens is 212 g/mol. The first kappa shape index (κ1) is 12.2. The van der Waals surface area contributed by atoms with E-state index < -0.39 is 17.8 Å². The normalized spacial score (nSPS) is 16.6. The monoisotopic (exact) mass is 226 g/mol. The average molecular weight is 226 g/mol. The van der Waals surface area contributed by atoms with Gasteiger partial charge in [-0.1, -0.05) is 6.58 Å². The SMILES string of the molecule is C=C(CN1CCN(CC)C(=O)C1=O)C(=O)O. The van der Waals surface area contributed by atoms with Gasteiger partial charge in [-0.15, -0.1) is 0 Å². The Morgan fingerprint density at radius 2 is 1.81 bits per heavy atom. The quantitative estimate of drug-likeness (QED) is 0.509. The summed E-state index contributed by atoms with van der Waals surface area (Å²) in [6.07, 6.45) is 0. The molecule has 1 N–H and O–H groups in total. The number of likely N-dealkylation sites (N-methyl/N-ethyl adjacent to an activating group) is 1. The minimum atomic E-state index is -1.15. The highest BCUT2D eigenvalue weighted by Gasteiger charge is 2.32. The van der Waals surface area contributed by atoms with Gasteiger partial charge in [-0.05, 0) is 6.92 Å². The molecule has 1 heterocycles. The summed E-state index contributed by atoms with van der Waals surface area (Å²) in [6, 6.07) is 0. The number of nitrogens with zero attached hydrogens (tertiary/aromatic N) is 2. The predicted molar refractivity (Wildman–Crippen MR) is 55.6 cm³/mol. The van der Waals surface area contributed by atoms with E-state index in [-0.39, 0.29) is 12.1 Å². The molecule has 0 bridgehead atoms. The lowest BCUT2D eigenvalue weighted by Crippen LogP contribution is -2.54. The molecule has 0 aromatic carbocycles. The fourth-order valence-corrected chi connectivity index (χ4v) is 1.47. The zero-order valence-electron chi connectivity index (χ0n) is 9.10. The van der Waals surface area contributed by atoms with Gasteiger partial charge in [-0.2, -0.15) is 0 Å². The molecule has 0 saturated carbocycles. The minimum Gasteiger partial charge on any atom is -0.478 e. The third kappa shape index (κ3) is 2.39. The molecule has 16 heavy (non-hydrogen) atoms. The first-order chi connectivity index (χ1) is 7.47. The molecule has 1 fully saturated rings. The molecule has 88 valence electrons. The second kappa shape index (κ2) is 4.78. The van der Waals surface area contributed by atoms with Crippen molar-refractivity contribution in [2.75, 3.05) is 26.2 Å². The lowest BCUT2D eigenvalue weighted by molar-refractivity contribution is -0.155. The number of carboxylic acid groups (broad SMARTS) is 1. The fraction of sp³-hybridized carbons (Fsp3) is 0.500. The van der Waals surface area contributed by atoms with Crippen molar-refractivity contribution in [2.45, 2.75) is 6.92 Å². The molecule has 0 atom stereocenters. The highest BCUT2D eigenvalue weighted by molar-refractivity contribution is 6.35. The second-order valence-electron chi connectivity index (χ2n) is 3.52. The first-order valence-corrected chi connectivity index (χ1v) is 4.96. The number of carboxylic acids is 1. The van der Waals surface area contributed by atoms with E-state index in [2.05, 4.69) is 6.58 Å². The highest BCUT2D eigenvalue weighted by Crippen LogP contribution is 2.07. The Bertz CT molecular complexity index is 351. The van der Waals surface area contributed by atoms with E-state index >= 15 is 0 Å². The molecule has 0 aromatic rings. The average Bonchev–Trinajstić information content (AvgIpc) is 2.25. The summed E-state index contributed by atoms with van der Waals surface area (Å²) in [6.45, 7) is 6.29. The summed E-state index contributed by atoms with van der Waals surface area (Å²) in [4.78, 5) is 36.2. The second-order valence-corrected chi connectivity index (χ2v) is 3.52. The summed E-state index contributed by atoms with van der Waals surface area (Å²) in [5.74, 6) is -2.39. The van der Waals surface area contributed by atoms with Crippen molar-refractivity contribution in [2.24, 2.45) is 0 Å². The van der Waals surface area contributed by atoms with Crippen LogP contribution in [-0.4, -0.2) is 58.9 Å². The number of hydrogen-bond acceptors (Lipinski definition) is 3. The maximum atomic E-state index is 11.6. The van der Waals surface area contributed by atoms with Crippen LogP contribution < -0.4 is 0 Å². The lowest BCUT2D eigenvalue weighted by Gasteiger charge is -2.32. The van der Waals surface area contributed by atoms with E-state index in [9.17, 15) is 14.4 Å². The highest BCUT2D eigenvalue weighted by atomic mass is 16.4. The van der Waals surface area contributed by atoms with Crippen molar-refractivity contribution in [3.63, 3.8) is 0 Å². The van der Waals surface area contributed by atoms with Gasteiger partial charge in [0.15, 0.2) is 0 Å². The van der Waals surface area contributed by atoms with Gasteiger partial charge < -0.3 is 14.9 Å². The van der Waals surface area contributed by atoms with Crippen LogP contribution in [0.2, 0.25) is 0 Å². The zero-order valence-corrected chi connectivity index (χ0v) is 9.10. The standard InChI is InChI=1S/C10H14N2O4/c1-3-11-4-5-12(9(14)8(11)13)6-7(2)10(15)16/h2-6H2,1H3,(H,15,16). The van der Waals surface area contributed by atoms with Crippen LogP contribution in [0.1, 0.15) is 6.92 Å². The van der Waals surface area contributed by atoms with Crippen LogP contribution in [0.4, 0.5) is 0 Å². The molecule has 0 spiro atoms. The predicted octanol–water partition coefficient (Wildman–Crippen LogP) is -0.682. The van der Waals surface area contributed by atoms with Crippen LogP contribution in [0.3, 0.4) is 0 Å². The third-order valence-electron chi connectivity index (χ3n) is 2.46. The van der Waals surface area contributed by atoms with Gasteiger partial charge in [0.05, 0.1) is 6.54 Å². The summed E-state index contributed by atoms with van der Waals surface area (Å²) < 4.78 is 0. The summed E-state index contributed by atoms with van der Waals surface area (Å²) in [5, 5.41) is 8.63. The summed E-state index contributed by atoms with van der Waals surface area (Å²) in [5.41, 5.74) is -0.0916. The molecule has 0 aliphatic carbocycles. The maximum absolute atomic E-state index is 11.6. The third-order valence-corrected chi connectivity index (χ3v) is 2.46. The minimum absolute atomic E-state index is 0.0916. The van der Waals surface area contributed by atoms with Crippen LogP contribution in [0, 0.1) is 0 Å². The molecule has 2 amide bonds. The Balaban J connectivity index is 2.65. The molecule has 1 rings (SSSR count). The number of carbonyl (C=O) groups is 3. The number of rotatable bonds is 4. The molecule has 0 unspecified atom stereocenters. The van der Waals surface area contributed by atoms with Gasteiger partial charge in [-0.3, -0.25) is 9.59 Å². The van der Waals surface area contributed by atoms with E-state index in [1.165, 1.54) is 9.80 Å². The van der Waals surface area contributed by atoms with E-state index in [1.54, 1.807) is 6.92 Å². The van der Waals surface area contributed by atoms with E-state index in [4.69, 9.17) is 5.11 Å². The number of amides is 2. The molecule has 1 aliphatic rings. The van der Waals surface area contributed by atoms with Gasteiger partial charge >= 0.3 is 17.8 Å². The molecular formula is C10H14N2O4. The van der Waals surface area contributed by atoms with E-state index in [1.807, 2.05) is 0 Å². The molecule has 6 nitrogen and oxygen atoms in total. The van der Waals surface area contributed by atoms with Gasteiger partial charge in [0.1, 0.15) is 0 Å². The Hall–Kier alpha value is -1.85. The smallest absolute Gasteiger partial charge is 0.332 e. The molecule has 0 radical (unpaired) electrons. The molecule has 6 heteroatoms. The van der Waals surface area contributed by atoms with Crippen LogP contribution in [0.15, 0.2) is 12.2 Å². The Labute approximate surface area is 93.1 Å². The van der Waals surface area contributed by atoms with Crippen LogP contribution in [-0.2, 0) is 14.4 Å². The number of carbonyl (C=O) groups excluding carboxylic acids is 2. The largest absolute Gasteiger partial charge is 0.478 e. The van der Waals surface area contributed by atoms with Crippen LogP contribution in [0.5, 0.6) is 0 Å². The van der Waals surface area contributed by atoms with Crippen molar-refractivity contribution < 1.29 is 19.5 Å². The maximum Gasteiger partial charge on any atom is 0.332 e. The van der Waals surface area contributed by atoms with Crippen molar-refractivity contribution in [3.8, 4) is 0 Å². The molecule has 1 saturated heterocycles. The first-order valence-electron chi connectivity index (χ1n) is 4.96. The van der Waals surface area contributed by atoms with E-state index in [0.29, 0.717) is 19.6 Å². The Kier molecular flexibility index (Phi) is 3.65. The van der Waals surface area contributed by atoms with Crippen LogP contribution in [0.25, 0.3) is 0 Å². The summed E-state index contributed by atoms with van der Waals surface area (Å²) >= 11 is 0. The van der Waals surface area contributed by atoms with Gasteiger partial charge in [0, 0.05) is 25.2 Å². The summed E-state index contributed by atoms with van der Waals surface area (Å²) in [7, 11) is 0. The fourth-order valence-electron chi connectivity index (χ4n) is 1.47. The number of aliphatic carboxylic acids is 1. The Morgan fingerprint density at radius 1 is 1.31 bits per heavy atom. The molecule has 1 aliphatic heterocycles. The van der Waals surface area contributed by atoms with Crippen molar-refractivity contribution in [3.05, 3.63) is 12.2 Å². The van der Waals surface area contributed by atoms with Gasteiger partial charge in [0.25, 0.3) is 0 Å². The van der Waals surface area contributed by atoms with Gasteiger partial charge in [0.2, 0.25) is 0 Å². The number of piperazine rings is 1. The van der Waals surface area contributed by atoms with E-state index in [0.717, 1.165) is 0 Å². The van der Waals surface area contributed by atoms with Crippen molar-refractivity contribution >= 4 is 17.8 Å².